The van der Waals surface area contributed by atoms with E-state index >= 15 is 0 Å². The highest BCUT2D eigenvalue weighted by molar-refractivity contribution is 9.10. The van der Waals surface area contributed by atoms with Crippen LogP contribution in [0.2, 0.25) is 0 Å². The van der Waals surface area contributed by atoms with Crippen molar-refractivity contribution >= 4 is 38.5 Å². The highest BCUT2D eigenvalue weighted by atomic mass is 79.9. The van der Waals surface area contributed by atoms with Gasteiger partial charge in [-0.1, -0.05) is 47.8 Å². The topological polar surface area (TPSA) is 69.0 Å². The summed E-state index contributed by atoms with van der Waals surface area (Å²) in [4.78, 5) is 29.2. The minimum atomic E-state index is -0.667. The predicted molar refractivity (Wildman–Crippen MR) is 143 cm³/mol. The molecule has 36 heavy (non-hydrogen) atoms. The van der Waals surface area contributed by atoms with Crippen LogP contribution >= 0.6 is 15.9 Å². The zero-order valence-corrected chi connectivity index (χ0v) is 21.7. The van der Waals surface area contributed by atoms with E-state index in [2.05, 4.69) is 22.9 Å². The van der Waals surface area contributed by atoms with Gasteiger partial charge in [0.1, 0.15) is 17.1 Å². The summed E-state index contributed by atoms with van der Waals surface area (Å²) in [5, 5.41) is 0.421. The molecule has 1 atom stereocenters. The number of amides is 1. The van der Waals surface area contributed by atoms with Gasteiger partial charge >= 0.3 is 0 Å². The Bertz CT molecular complexity index is 1480. The van der Waals surface area contributed by atoms with Gasteiger partial charge in [-0.3, -0.25) is 14.5 Å². The molecule has 6 nitrogen and oxygen atoms in total. The number of unbranched alkanes of at least 4 members (excludes halogenated alkanes) is 2. The Morgan fingerprint density at radius 2 is 1.78 bits per heavy atom. The Balaban J connectivity index is 1.66. The van der Waals surface area contributed by atoms with Crippen LogP contribution in [0.1, 0.15) is 53.9 Å². The lowest BCUT2D eigenvalue weighted by atomic mass is 9.98. The first-order valence-corrected chi connectivity index (χ1v) is 12.8. The van der Waals surface area contributed by atoms with E-state index in [4.69, 9.17) is 13.9 Å². The summed E-state index contributed by atoms with van der Waals surface area (Å²) in [7, 11) is 1.59. The summed E-state index contributed by atoms with van der Waals surface area (Å²) >= 11 is 3.44. The summed E-state index contributed by atoms with van der Waals surface area (Å²) in [5.74, 6) is 1.07. The molecule has 5 rings (SSSR count). The van der Waals surface area contributed by atoms with Crippen molar-refractivity contribution in [3.05, 3.63) is 98.3 Å². The maximum Gasteiger partial charge on any atom is 0.295 e. The normalized spacial score (nSPS) is 14.8. The Morgan fingerprint density at radius 3 is 2.53 bits per heavy atom. The minimum Gasteiger partial charge on any atom is -0.497 e. The molecule has 0 fully saturated rings. The van der Waals surface area contributed by atoms with E-state index < -0.39 is 6.04 Å². The number of fused-ring (bicyclic) bond motifs is 2. The summed E-state index contributed by atoms with van der Waals surface area (Å²) in [5.41, 5.74) is 1.88. The van der Waals surface area contributed by atoms with Gasteiger partial charge in [0.2, 0.25) is 5.76 Å². The third kappa shape index (κ3) is 4.39. The quantitative estimate of drug-likeness (QED) is 0.225. The van der Waals surface area contributed by atoms with E-state index in [0.29, 0.717) is 40.3 Å². The summed E-state index contributed by atoms with van der Waals surface area (Å²) in [6.45, 7) is 2.76. The van der Waals surface area contributed by atoms with Gasteiger partial charge in [0, 0.05) is 10.2 Å². The zero-order chi connectivity index (χ0) is 25.2. The number of ether oxygens (including phenoxy) is 2. The minimum absolute atomic E-state index is 0.0601. The molecule has 184 valence electrons. The predicted octanol–water partition coefficient (Wildman–Crippen LogP) is 6.88. The number of hydrogen-bond acceptors (Lipinski definition) is 5. The molecule has 1 unspecified atom stereocenters. The maximum atomic E-state index is 13.8. The summed E-state index contributed by atoms with van der Waals surface area (Å²) < 4.78 is 18.1. The first-order valence-electron chi connectivity index (χ1n) is 12.0. The van der Waals surface area contributed by atoms with Crippen LogP contribution in [0.5, 0.6) is 11.5 Å². The average molecular weight is 548 g/mol. The van der Waals surface area contributed by atoms with Gasteiger partial charge in [0.15, 0.2) is 5.43 Å². The third-order valence-electron chi connectivity index (χ3n) is 6.37. The van der Waals surface area contributed by atoms with Crippen LogP contribution in [-0.2, 0) is 0 Å². The smallest absolute Gasteiger partial charge is 0.295 e. The number of nitrogens with zero attached hydrogens (tertiary/aromatic N) is 1. The highest BCUT2D eigenvalue weighted by Gasteiger charge is 2.43. The molecular weight excluding hydrogens is 522 g/mol. The molecule has 0 aliphatic carbocycles. The van der Waals surface area contributed by atoms with Gasteiger partial charge in [-0.15, -0.1) is 0 Å². The molecule has 3 aromatic carbocycles. The molecule has 1 aliphatic heterocycles. The number of hydrogen-bond donors (Lipinski definition) is 0. The molecule has 2 heterocycles. The van der Waals surface area contributed by atoms with Crippen LogP contribution in [0.25, 0.3) is 11.0 Å². The van der Waals surface area contributed by atoms with Crippen LogP contribution < -0.4 is 19.8 Å². The standard InChI is InChI=1S/C29H26BrNO5/c1-3-4-5-15-35-22-8-6-7-18(16-22)26-25-27(32)23-17-19(30)9-14-24(23)36-28(25)29(33)31(26)20-10-12-21(34-2)13-11-20/h6-14,16-17,26H,3-5,15H2,1-2H3. The van der Waals surface area contributed by atoms with E-state index in [1.165, 1.54) is 0 Å². The number of methoxy groups -OCH3 is 1. The fourth-order valence-corrected chi connectivity index (χ4v) is 4.95. The molecule has 0 bridgehead atoms. The Kier molecular flexibility index (Phi) is 6.83. The van der Waals surface area contributed by atoms with Crippen LogP contribution in [0.3, 0.4) is 0 Å². The molecular formula is C29H26BrNO5. The number of rotatable bonds is 8. The lowest BCUT2D eigenvalue weighted by Gasteiger charge is -2.25. The van der Waals surface area contributed by atoms with Crippen molar-refractivity contribution in [3.8, 4) is 11.5 Å². The molecule has 1 aliphatic rings. The van der Waals surface area contributed by atoms with Gasteiger partial charge in [-0.25, -0.2) is 0 Å². The van der Waals surface area contributed by atoms with E-state index in [-0.39, 0.29) is 17.1 Å². The molecule has 7 heteroatoms. The average Bonchev–Trinajstić information content (AvgIpc) is 3.19. The molecule has 0 radical (unpaired) electrons. The fourth-order valence-electron chi connectivity index (χ4n) is 4.59. The summed E-state index contributed by atoms with van der Waals surface area (Å²) in [6.07, 6.45) is 3.17. The SMILES string of the molecule is CCCCCOc1cccc(C2c3c(oc4ccc(Br)cc4c3=O)C(=O)N2c2ccc(OC)cc2)c1. The third-order valence-corrected chi connectivity index (χ3v) is 6.87. The highest BCUT2D eigenvalue weighted by Crippen LogP contribution is 2.42. The van der Waals surface area contributed by atoms with Crippen LogP contribution in [0, 0.1) is 0 Å². The fraction of sp³-hybridized carbons (Fsp3) is 0.241. The van der Waals surface area contributed by atoms with Crippen LogP contribution in [0.15, 0.2) is 80.4 Å². The van der Waals surface area contributed by atoms with Gasteiger partial charge in [0.05, 0.1) is 30.7 Å². The molecule has 1 amide bonds. The number of benzene rings is 3. The number of halogens is 1. The Morgan fingerprint density at radius 1 is 0.972 bits per heavy atom. The lowest BCUT2D eigenvalue weighted by molar-refractivity contribution is 0.0971. The molecule has 0 spiro atoms. The van der Waals surface area contributed by atoms with Gasteiger partial charge in [0.25, 0.3) is 5.91 Å². The van der Waals surface area contributed by atoms with Crippen molar-refractivity contribution in [3.63, 3.8) is 0 Å². The zero-order valence-electron chi connectivity index (χ0n) is 20.1. The molecule has 4 aromatic rings. The molecule has 0 saturated heterocycles. The second-order valence-electron chi connectivity index (χ2n) is 8.72. The van der Waals surface area contributed by atoms with Crippen LogP contribution in [0.4, 0.5) is 5.69 Å². The summed E-state index contributed by atoms with van der Waals surface area (Å²) in [6, 6.07) is 19.3. The molecule has 1 aromatic heterocycles. The van der Waals surface area contributed by atoms with E-state index in [9.17, 15) is 9.59 Å². The van der Waals surface area contributed by atoms with Crippen molar-refractivity contribution in [2.75, 3.05) is 18.6 Å². The second-order valence-corrected chi connectivity index (χ2v) is 9.63. The van der Waals surface area contributed by atoms with Crippen molar-refractivity contribution in [2.24, 2.45) is 0 Å². The number of anilines is 1. The largest absolute Gasteiger partial charge is 0.497 e. The van der Waals surface area contributed by atoms with Gasteiger partial charge in [-0.05, 0) is 66.6 Å². The van der Waals surface area contributed by atoms with E-state index in [1.54, 1.807) is 42.3 Å². The van der Waals surface area contributed by atoms with Crippen molar-refractivity contribution in [1.29, 1.82) is 0 Å². The van der Waals surface area contributed by atoms with Crippen LogP contribution in [-0.4, -0.2) is 19.6 Å². The number of carbonyl (C=O) groups excluding carboxylic acids is 1. The lowest BCUT2D eigenvalue weighted by Crippen LogP contribution is -2.29. The molecule has 0 saturated carbocycles. The van der Waals surface area contributed by atoms with Crippen molar-refractivity contribution in [2.45, 2.75) is 32.2 Å². The van der Waals surface area contributed by atoms with Gasteiger partial charge in [-0.2, -0.15) is 0 Å². The van der Waals surface area contributed by atoms with Crippen molar-refractivity contribution in [1.82, 2.24) is 0 Å². The maximum absolute atomic E-state index is 13.8. The Labute approximate surface area is 217 Å². The monoisotopic (exact) mass is 547 g/mol. The first-order chi connectivity index (χ1) is 17.5. The number of carbonyl (C=O) groups is 1. The van der Waals surface area contributed by atoms with E-state index in [1.807, 2.05) is 36.4 Å². The Hall–Kier alpha value is -3.58. The second kappa shape index (κ2) is 10.2. The van der Waals surface area contributed by atoms with Crippen molar-refractivity contribution < 1.29 is 18.7 Å². The molecule has 0 N–H and O–H groups in total. The van der Waals surface area contributed by atoms with E-state index in [0.717, 1.165) is 29.3 Å². The first kappa shape index (κ1) is 24.1. The van der Waals surface area contributed by atoms with Gasteiger partial charge < -0.3 is 13.9 Å².